The largest absolute Gasteiger partial charge is 0.426 e. The molecule has 1 aliphatic rings. The zero-order valence-corrected chi connectivity index (χ0v) is 9.95. The maximum Gasteiger partial charge on any atom is 0.314 e. The predicted octanol–water partition coefficient (Wildman–Crippen LogP) is 3.40. The molecule has 0 atom stereocenters. The Morgan fingerprint density at radius 3 is 2.25 bits per heavy atom. The van der Waals surface area contributed by atoms with E-state index in [-0.39, 0.29) is 11.9 Å². The highest BCUT2D eigenvalue weighted by atomic mass is 16.5. The van der Waals surface area contributed by atoms with Crippen LogP contribution < -0.4 is 4.74 Å². The first kappa shape index (κ1) is 11.2. The lowest BCUT2D eigenvalue weighted by molar-refractivity contribution is -0.138. The molecule has 0 amide bonds. The Morgan fingerprint density at radius 2 is 1.69 bits per heavy atom. The molecule has 0 radical (unpaired) electrons. The Balaban J connectivity index is 2.05. The van der Waals surface area contributed by atoms with Gasteiger partial charge >= 0.3 is 5.97 Å². The van der Waals surface area contributed by atoms with Crippen LogP contribution in [0.15, 0.2) is 18.2 Å². The number of aryl methyl sites for hydroxylation is 2. The first-order valence-electron chi connectivity index (χ1n) is 5.95. The Bertz CT molecular complexity index is 369. The van der Waals surface area contributed by atoms with Crippen molar-refractivity contribution in [2.24, 2.45) is 5.92 Å². The van der Waals surface area contributed by atoms with E-state index >= 15 is 0 Å². The molecule has 0 spiro atoms. The van der Waals surface area contributed by atoms with Gasteiger partial charge in [0.1, 0.15) is 5.75 Å². The van der Waals surface area contributed by atoms with E-state index < -0.39 is 0 Å². The number of ether oxygens (including phenoxy) is 1. The molecule has 0 aromatic heterocycles. The minimum atomic E-state index is -0.0532. The van der Waals surface area contributed by atoms with Gasteiger partial charge in [0.25, 0.3) is 0 Å². The fourth-order valence-corrected chi connectivity index (χ4v) is 2.35. The molecular weight excluding hydrogens is 200 g/mol. The van der Waals surface area contributed by atoms with Crippen LogP contribution in [0, 0.1) is 19.8 Å². The summed E-state index contributed by atoms with van der Waals surface area (Å²) in [5.74, 6) is 0.762. The van der Waals surface area contributed by atoms with Gasteiger partial charge in [0.2, 0.25) is 0 Å². The molecule has 2 rings (SSSR count). The highest BCUT2D eigenvalue weighted by Crippen LogP contribution is 2.27. The van der Waals surface area contributed by atoms with Crippen molar-refractivity contribution in [2.75, 3.05) is 0 Å². The van der Waals surface area contributed by atoms with E-state index in [1.807, 2.05) is 26.0 Å². The van der Waals surface area contributed by atoms with Crippen molar-refractivity contribution < 1.29 is 9.53 Å². The number of hydrogen-bond donors (Lipinski definition) is 0. The Kier molecular flexibility index (Phi) is 3.28. The molecule has 2 heteroatoms. The minimum Gasteiger partial charge on any atom is -0.426 e. The lowest BCUT2D eigenvalue weighted by Gasteiger charge is -2.10. The molecule has 2 nitrogen and oxygen atoms in total. The summed E-state index contributed by atoms with van der Waals surface area (Å²) in [6.07, 6.45) is 4.30. The lowest BCUT2D eigenvalue weighted by Crippen LogP contribution is -2.17. The monoisotopic (exact) mass is 218 g/mol. The second-order valence-corrected chi connectivity index (χ2v) is 4.73. The van der Waals surface area contributed by atoms with Gasteiger partial charge in [-0.1, -0.05) is 18.9 Å². The normalized spacial score (nSPS) is 16.4. The molecule has 1 aromatic carbocycles. The SMILES string of the molecule is Cc1cc(C)cc(OC(=O)C2CCCC2)c1. The topological polar surface area (TPSA) is 26.3 Å². The highest BCUT2D eigenvalue weighted by Gasteiger charge is 2.24. The fourth-order valence-electron chi connectivity index (χ4n) is 2.35. The lowest BCUT2D eigenvalue weighted by atomic mass is 10.1. The average Bonchev–Trinajstić information content (AvgIpc) is 2.68. The molecule has 1 aromatic rings. The molecule has 86 valence electrons. The molecule has 1 saturated carbocycles. The van der Waals surface area contributed by atoms with E-state index in [4.69, 9.17) is 4.74 Å². The fraction of sp³-hybridized carbons (Fsp3) is 0.500. The van der Waals surface area contributed by atoms with Crippen LogP contribution in [0.1, 0.15) is 36.8 Å². The summed E-state index contributed by atoms with van der Waals surface area (Å²) in [6, 6.07) is 5.91. The number of esters is 1. The van der Waals surface area contributed by atoms with Gasteiger partial charge in [-0.15, -0.1) is 0 Å². The van der Waals surface area contributed by atoms with Gasteiger partial charge in [0, 0.05) is 0 Å². The first-order valence-corrected chi connectivity index (χ1v) is 5.95. The maximum absolute atomic E-state index is 11.8. The second-order valence-electron chi connectivity index (χ2n) is 4.73. The van der Waals surface area contributed by atoms with E-state index in [2.05, 4.69) is 6.07 Å². The maximum atomic E-state index is 11.8. The highest BCUT2D eigenvalue weighted by molar-refractivity contribution is 5.75. The summed E-state index contributed by atoms with van der Waals surface area (Å²) in [7, 11) is 0. The quantitative estimate of drug-likeness (QED) is 0.561. The number of carbonyl (C=O) groups excluding carboxylic acids is 1. The molecule has 0 N–H and O–H groups in total. The third-order valence-electron chi connectivity index (χ3n) is 3.10. The summed E-state index contributed by atoms with van der Waals surface area (Å²) >= 11 is 0. The van der Waals surface area contributed by atoms with E-state index in [9.17, 15) is 4.79 Å². The van der Waals surface area contributed by atoms with Crippen LogP contribution in [0.5, 0.6) is 5.75 Å². The number of rotatable bonds is 2. The Hall–Kier alpha value is -1.31. The van der Waals surface area contributed by atoms with E-state index in [0.717, 1.165) is 36.8 Å². The number of carbonyl (C=O) groups is 1. The van der Waals surface area contributed by atoms with Crippen molar-refractivity contribution >= 4 is 5.97 Å². The van der Waals surface area contributed by atoms with Gasteiger partial charge < -0.3 is 4.74 Å². The van der Waals surface area contributed by atoms with Crippen molar-refractivity contribution in [2.45, 2.75) is 39.5 Å². The molecule has 0 heterocycles. The van der Waals surface area contributed by atoms with Crippen molar-refractivity contribution in [3.63, 3.8) is 0 Å². The van der Waals surface area contributed by atoms with Gasteiger partial charge in [-0.25, -0.2) is 0 Å². The van der Waals surface area contributed by atoms with Crippen molar-refractivity contribution in [3.05, 3.63) is 29.3 Å². The van der Waals surface area contributed by atoms with Gasteiger partial charge in [-0.3, -0.25) is 4.79 Å². The van der Waals surface area contributed by atoms with E-state index in [1.165, 1.54) is 0 Å². The molecule has 0 bridgehead atoms. The molecule has 0 aliphatic heterocycles. The second kappa shape index (κ2) is 4.69. The molecule has 16 heavy (non-hydrogen) atoms. The van der Waals surface area contributed by atoms with E-state index in [1.54, 1.807) is 0 Å². The minimum absolute atomic E-state index is 0.0532. The standard InChI is InChI=1S/C14H18O2/c1-10-7-11(2)9-13(8-10)16-14(15)12-5-3-4-6-12/h7-9,12H,3-6H2,1-2H3. The van der Waals surface area contributed by atoms with Crippen LogP contribution in [0.4, 0.5) is 0 Å². The van der Waals surface area contributed by atoms with Crippen LogP contribution in [-0.2, 0) is 4.79 Å². The summed E-state index contributed by atoms with van der Waals surface area (Å²) in [6.45, 7) is 4.03. The molecule has 1 fully saturated rings. The van der Waals surface area contributed by atoms with Gasteiger partial charge in [0.15, 0.2) is 0 Å². The summed E-state index contributed by atoms with van der Waals surface area (Å²) < 4.78 is 5.42. The van der Waals surface area contributed by atoms with E-state index in [0.29, 0.717) is 5.75 Å². The smallest absolute Gasteiger partial charge is 0.314 e. The van der Waals surface area contributed by atoms with Gasteiger partial charge in [0.05, 0.1) is 5.92 Å². The first-order chi connectivity index (χ1) is 7.65. The van der Waals surface area contributed by atoms with Crippen molar-refractivity contribution in [3.8, 4) is 5.75 Å². The van der Waals surface area contributed by atoms with Crippen LogP contribution >= 0.6 is 0 Å². The van der Waals surface area contributed by atoms with Gasteiger partial charge in [-0.05, 0) is 49.9 Å². The Morgan fingerprint density at radius 1 is 1.12 bits per heavy atom. The molecular formula is C14H18O2. The van der Waals surface area contributed by atoms with Crippen LogP contribution in [0.2, 0.25) is 0 Å². The van der Waals surface area contributed by atoms with Crippen molar-refractivity contribution in [1.82, 2.24) is 0 Å². The van der Waals surface area contributed by atoms with Crippen LogP contribution in [-0.4, -0.2) is 5.97 Å². The van der Waals surface area contributed by atoms with Crippen LogP contribution in [0.25, 0.3) is 0 Å². The zero-order valence-electron chi connectivity index (χ0n) is 9.95. The predicted molar refractivity (Wildman–Crippen MR) is 63.5 cm³/mol. The summed E-state index contributed by atoms with van der Waals surface area (Å²) in [4.78, 5) is 11.8. The van der Waals surface area contributed by atoms with Crippen molar-refractivity contribution in [1.29, 1.82) is 0 Å². The van der Waals surface area contributed by atoms with Crippen LogP contribution in [0.3, 0.4) is 0 Å². The Labute approximate surface area is 96.6 Å². The number of hydrogen-bond acceptors (Lipinski definition) is 2. The molecule has 1 aliphatic carbocycles. The number of benzene rings is 1. The molecule has 0 saturated heterocycles. The third-order valence-corrected chi connectivity index (χ3v) is 3.10. The zero-order chi connectivity index (χ0) is 11.5. The third kappa shape index (κ3) is 2.63. The summed E-state index contributed by atoms with van der Waals surface area (Å²) in [5, 5.41) is 0. The molecule has 0 unspecified atom stereocenters. The summed E-state index contributed by atoms with van der Waals surface area (Å²) in [5.41, 5.74) is 2.27. The van der Waals surface area contributed by atoms with Gasteiger partial charge in [-0.2, -0.15) is 0 Å². The average molecular weight is 218 g/mol.